The minimum Gasteiger partial charge on any atom is -0.457 e. The first-order chi connectivity index (χ1) is 19.3. The molecule has 0 aliphatic carbocycles. The van der Waals surface area contributed by atoms with E-state index in [0.717, 1.165) is 77.2 Å². The molecular formula is C31H38N4O4S. The number of amides is 1. The third-order valence-electron chi connectivity index (χ3n) is 7.59. The van der Waals surface area contributed by atoms with E-state index in [-0.39, 0.29) is 5.92 Å². The standard InChI is InChI=1S/C31H38N4O4S/c1-40(37,38)32-28-9-13-30(14-10-28)39-29-11-7-26(8-12-29)24-33-17-15-27(16-18-33)31(36)35-21-19-34(20-22-35)23-25-5-3-2-4-6-25/h2-14,27,32H,15-24H2,1H3. The van der Waals surface area contributed by atoms with Crippen LogP contribution in [0.4, 0.5) is 5.69 Å². The van der Waals surface area contributed by atoms with E-state index in [1.807, 2.05) is 18.2 Å². The quantitative estimate of drug-likeness (QED) is 0.416. The lowest BCUT2D eigenvalue weighted by Crippen LogP contribution is -2.51. The van der Waals surface area contributed by atoms with Crippen molar-refractivity contribution in [3.05, 3.63) is 90.0 Å². The summed E-state index contributed by atoms with van der Waals surface area (Å²) in [6.07, 6.45) is 2.94. The summed E-state index contributed by atoms with van der Waals surface area (Å²) in [5.41, 5.74) is 3.03. The molecule has 2 saturated heterocycles. The van der Waals surface area contributed by atoms with Gasteiger partial charge >= 0.3 is 0 Å². The van der Waals surface area contributed by atoms with E-state index in [4.69, 9.17) is 4.74 Å². The number of piperazine rings is 1. The smallest absolute Gasteiger partial charge is 0.229 e. The lowest BCUT2D eigenvalue weighted by molar-refractivity contribution is -0.139. The molecule has 40 heavy (non-hydrogen) atoms. The molecule has 0 spiro atoms. The van der Waals surface area contributed by atoms with Gasteiger partial charge in [-0.15, -0.1) is 0 Å². The normalized spacial score (nSPS) is 17.5. The minimum absolute atomic E-state index is 0.131. The lowest BCUT2D eigenvalue weighted by atomic mass is 9.94. The van der Waals surface area contributed by atoms with Crippen molar-refractivity contribution in [1.82, 2.24) is 14.7 Å². The fourth-order valence-corrected chi connectivity index (χ4v) is 5.99. The number of hydrogen-bond donors (Lipinski definition) is 1. The Morgan fingerprint density at radius 2 is 1.27 bits per heavy atom. The number of piperidine rings is 1. The molecule has 5 rings (SSSR count). The second-order valence-corrected chi connectivity index (χ2v) is 12.5. The number of nitrogens with one attached hydrogen (secondary N) is 1. The third kappa shape index (κ3) is 8.06. The molecule has 2 heterocycles. The number of nitrogens with zero attached hydrogens (tertiary/aromatic N) is 3. The van der Waals surface area contributed by atoms with Gasteiger partial charge in [0.15, 0.2) is 0 Å². The zero-order chi connectivity index (χ0) is 28.0. The SMILES string of the molecule is CS(=O)(=O)Nc1ccc(Oc2ccc(CN3CCC(C(=O)N4CCN(Cc5ccccc5)CC4)CC3)cc2)cc1. The zero-order valence-corrected chi connectivity index (χ0v) is 23.9. The summed E-state index contributed by atoms with van der Waals surface area (Å²) in [6.45, 7) is 7.17. The van der Waals surface area contributed by atoms with Gasteiger partial charge in [-0.1, -0.05) is 42.5 Å². The Morgan fingerprint density at radius 3 is 1.85 bits per heavy atom. The van der Waals surface area contributed by atoms with E-state index in [9.17, 15) is 13.2 Å². The Bertz CT molecular complexity index is 1350. The predicted octanol–water partition coefficient (Wildman–Crippen LogP) is 4.41. The summed E-state index contributed by atoms with van der Waals surface area (Å²) in [6, 6.07) is 25.4. The van der Waals surface area contributed by atoms with E-state index in [1.54, 1.807) is 24.3 Å². The first-order valence-electron chi connectivity index (χ1n) is 13.9. The maximum atomic E-state index is 13.2. The second-order valence-electron chi connectivity index (χ2n) is 10.8. The van der Waals surface area contributed by atoms with Gasteiger partial charge in [-0.05, 0) is 73.5 Å². The maximum absolute atomic E-state index is 13.2. The molecule has 0 saturated carbocycles. The van der Waals surface area contributed by atoms with Crippen LogP contribution in [0, 0.1) is 5.92 Å². The van der Waals surface area contributed by atoms with E-state index in [0.29, 0.717) is 17.3 Å². The maximum Gasteiger partial charge on any atom is 0.229 e. The van der Waals surface area contributed by atoms with Crippen LogP contribution in [-0.2, 0) is 27.9 Å². The largest absolute Gasteiger partial charge is 0.457 e. The van der Waals surface area contributed by atoms with Crippen LogP contribution in [0.25, 0.3) is 0 Å². The van der Waals surface area contributed by atoms with Gasteiger partial charge in [0.2, 0.25) is 15.9 Å². The lowest BCUT2D eigenvalue weighted by Gasteiger charge is -2.38. The zero-order valence-electron chi connectivity index (χ0n) is 23.0. The number of hydrogen-bond acceptors (Lipinski definition) is 6. The molecule has 0 bridgehead atoms. The van der Waals surface area contributed by atoms with E-state index in [2.05, 4.69) is 55.8 Å². The fourth-order valence-electron chi connectivity index (χ4n) is 5.43. The van der Waals surface area contributed by atoms with Crippen LogP contribution < -0.4 is 9.46 Å². The van der Waals surface area contributed by atoms with Crippen molar-refractivity contribution in [2.45, 2.75) is 25.9 Å². The van der Waals surface area contributed by atoms with Gasteiger partial charge in [0.25, 0.3) is 0 Å². The monoisotopic (exact) mass is 562 g/mol. The second kappa shape index (κ2) is 12.8. The summed E-state index contributed by atoms with van der Waals surface area (Å²) < 4.78 is 31.1. The molecule has 0 atom stereocenters. The summed E-state index contributed by atoms with van der Waals surface area (Å²) in [7, 11) is -3.30. The van der Waals surface area contributed by atoms with Crippen LogP contribution in [0.1, 0.15) is 24.0 Å². The molecule has 2 aliphatic heterocycles. The van der Waals surface area contributed by atoms with Crippen molar-refractivity contribution in [3.63, 3.8) is 0 Å². The summed E-state index contributed by atoms with van der Waals surface area (Å²) in [5, 5.41) is 0. The summed E-state index contributed by atoms with van der Waals surface area (Å²) >= 11 is 0. The molecule has 1 N–H and O–H groups in total. The molecule has 0 aromatic heterocycles. The molecule has 3 aromatic rings. The Balaban J connectivity index is 1.03. The number of sulfonamides is 1. The van der Waals surface area contributed by atoms with Crippen molar-refractivity contribution < 1.29 is 17.9 Å². The average Bonchev–Trinajstić information content (AvgIpc) is 2.95. The van der Waals surface area contributed by atoms with Gasteiger partial charge in [-0.2, -0.15) is 0 Å². The topological polar surface area (TPSA) is 82.2 Å². The number of carbonyl (C=O) groups is 1. The van der Waals surface area contributed by atoms with Crippen LogP contribution in [0.3, 0.4) is 0 Å². The van der Waals surface area contributed by atoms with Crippen LogP contribution in [0.15, 0.2) is 78.9 Å². The number of likely N-dealkylation sites (tertiary alicyclic amines) is 1. The van der Waals surface area contributed by atoms with E-state index < -0.39 is 10.0 Å². The van der Waals surface area contributed by atoms with Crippen molar-refractivity contribution >= 4 is 21.6 Å². The number of ether oxygens (including phenoxy) is 1. The van der Waals surface area contributed by atoms with Crippen LogP contribution in [-0.4, -0.2) is 74.5 Å². The number of carbonyl (C=O) groups excluding carboxylic acids is 1. The Kier molecular flexibility index (Phi) is 9.04. The molecular weight excluding hydrogens is 524 g/mol. The van der Waals surface area contributed by atoms with Crippen LogP contribution >= 0.6 is 0 Å². The summed E-state index contributed by atoms with van der Waals surface area (Å²) in [5.74, 6) is 1.82. The minimum atomic E-state index is -3.30. The average molecular weight is 563 g/mol. The summed E-state index contributed by atoms with van der Waals surface area (Å²) in [4.78, 5) is 20.1. The third-order valence-corrected chi connectivity index (χ3v) is 8.20. The van der Waals surface area contributed by atoms with Crippen molar-refractivity contribution in [3.8, 4) is 11.5 Å². The highest BCUT2D eigenvalue weighted by atomic mass is 32.2. The van der Waals surface area contributed by atoms with Crippen molar-refractivity contribution in [1.29, 1.82) is 0 Å². The van der Waals surface area contributed by atoms with Gasteiger partial charge in [0.05, 0.1) is 6.26 Å². The highest BCUT2D eigenvalue weighted by Crippen LogP contribution is 2.26. The van der Waals surface area contributed by atoms with Crippen molar-refractivity contribution in [2.24, 2.45) is 5.92 Å². The molecule has 3 aromatic carbocycles. The number of benzene rings is 3. The molecule has 9 heteroatoms. The number of anilines is 1. The molecule has 212 valence electrons. The Hall–Kier alpha value is -3.40. The van der Waals surface area contributed by atoms with Gasteiger partial charge < -0.3 is 9.64 Å². The Labute approximate surface area is 237 Å². The molecule has 0 unspecified atom stereocenters. The molecule has 2 fully saturated rings. The van der Waals surface area contributed by atoms with Gasteiger partial charge in [-0.3, -0.25) is 19.3 Å². The first kappa shape index (κ1) is 28.1. The molecule has 2 aliphatic rings. The highest BCUT2D eigenvalue weighted by molar-refractivity contribution is 7.92. The van der Waals surface area contributed by atoms with Crippen molar-refractivity contribution in [2.75, 3.05) is 50.2 Å². The Morgan fingerprint density at radius 1 is 0.750 bits per heavy atom. The van der Waals surface area contributed by atoms with Gasteiger partial charge in [0, 0.05) is 50.9 Å². The highest BCUT2D eigenvalue weighted by Gasteiger charge is 2.30. The van der Waals surface area contributed by atoms with E-state index in [1.165, 1.54) is 11.1 Å². The predicted molar refractivity (Wildman–Crippen MR) is 158 cm³/mol. The van der Waals surface area contributed by atoms with Gasteiger partial charge in [0.1, 0.15) is 11.5 Å². The van der Waals surface area contributed by atoms with Crippen LogP contribution in [0.5, 0.6) is 11.5 Å². The van der Waals surface area contributed by atoms with Crippen LogP contribution in [0.2, 0.25) is 0 Å². The van der Waals surface area contributed by atoms with E-state index >= 15 is 0 Å². The fraction of sp³-hybridized carbons (Fsp3) is 0.387. The van der Waals surface area contributed by atoms with Gasteiger partial charge in [-0.25, -0.2) is 8.42 Å². The molecule has 1 amide bonds. The molecule has 0 radical (unpaired) electrons. The molecule has 8 nitrogen and oxygen atoms in total. The first-order valence-corrected chi connectivity index (χ1v) is 15.8. The number of rotatable bonds is 9.